The standard InChI is InChI=1S/C13H22F3NO/c1-9-6-7-10(18-9)8-17-12-5-3-2-4-11(12)13(14,15)16/h9-12,17H,2-8H2,1H3. The van der Waals surface area contributed by atoms with E-state index in [1.807, 2.05) is 6.92 Å². The summed E-state index contributed by atoms with van der Waals surface area (Å²) in [5.41, 5.74) is 0. The molecule has 2 aliphatic rings. The van der Waals surface area contributed by atoms with Gasteiger partial charge in [-0.05, 0) is 32.6 Å². The number of hydrogen-bond acceptors (Lipinski definition) is 2. The third-order valence-corrected chi connectivity index (χ3v) is 4.11. The summed E-state index contributed by atoms with van der Waals surface area (Å²) in [4.78, 5) is 0. The Morgan fingerprint density at radius 1 is 1.11 bits per heavy atom. The van der Waals surface area contributed by atoms with Crippen molar-refractivity contribution >= 4 is 0 Å². The number of nitrogens with one attached hydrogen (secondary N) is 1. The molecule has 2 rings (SSSR count). The third-order valence-electron chi connectivity index (χ3n) is 4.11. The first-order valence-corrected chi connectivity index (χ1v) is 6.92. The number of hydrogen-bond donors (Lipinski definition) is 1. The van der Waals surface area contributed by atoms with Crippen LogP contribution in [0.25, 0.3) is 0 Å². The van der Waals surface area contributed by atoms with Gasteiger partial charge in [0.1, 0.15) is 0 Å². The molecule has 18 heavy (non-hydrogen) atoms. The van der Waals surface area contributed by atoms with Crippen molar-refractivity contribution in [3.8, 4) is 0 Å². The average molecular weight is 265 g/mol. The number of alkyl halides is 3. The van der Waals surface area contributed by atoms with E-state index < -0.39 is 18.1 Å². The van der Waals surface area contributed by atoms with E-state index in [9.17, 15) is 13.2 Å². The van der Waals surface area contributed by atoms with Crippen molar-refractivity contribution in [2.24, 2.45) is 5.92 Å². The molecule has 0 aromatic rings. The molecule has 4 unspecified atom stereocenters. The van der Waals surface area contributed by atoms with E-state index in [1.54, 1.807) is 0 Å². The van der Waals surface area contributed by atoms with Gasteiger partial charge in [0.25, 0.3) is 0 Å². The van der Waals surface area contributed by atoms with Crippen molar-refractivity contribution in [3.63, 3.8) is 0 Å². The SMILES string of the molecule is CC1CCC(CNC2CCCCC2C(F)(F)F)O1. The molecule has 2 fully saturated rings. The zero-order chi connectivity index (χ0) is 13.2. The van der Waals surface area contributed by atoms with Crippen molar-refractivity contribution in [1.29, 1.82) is 0 Å². The van der Waals surface area contributed by atoms with Gasteiger partial charge in [0.2, 0.25) is 0 Å². The molecule has 1 N–H and O–H groups in total. The second-order valence-electron chi connectivity index (χ2n) is 5.59. The van der Waals surface area contributed by atoms with Crippen LogP contribution in [-0.4, -0.2) is 31.0 Å². The number of rotatable bonds is 3. The lowest BCUT2D eigenvalue weighted by Gasteiger charge is -2.34. The molecular weight excluding hydrogens is 243 g/mol. The molecule has 0 spiro atoms. The first-order valence-electron chi connectivity index (χ1n) is 6.92. The van der Waals surface area contributed by atoms with Crippen LogP contribution in [0.1, 0.15) is 45.4 Å². The maximum atomic E-state index is 12.9. The largest absolute Gasteiger partial charge is 0.393 e. The first-order chi connectivity index (χ1) is 8.47. The quantitative estimate of drug-likeness (QED) is 0.845. The minimum absolute atomic E-state index is 0.0933. The Hall–Kier alpha value is -0.290. The molecule has 4 atom stereocenters. The highest BCUT2D eigenvalue weighted by atomic mass is 19.4. The van der Waals surface area contributed by atoms with Gasteiger partial charge in [0.15, 0.2) is 0 Å². The lowest BCUT2D eigenvalue weighted by atomic mass is 9.84. The maximum Gasteiger partial charge on any atom is 0.393 e. The fraction of sp³-hybridized carbons (Fsp3) is 1.00. The van der Waals surface area contributed by atoms with E-state index >= 15 is 0 Å². The maximum absolute atomic E-state index is 12.9. The molecule has 0 radical (unpaired) electrons. The summed E-state index contributed by atoms with van der Waals surface area (Å²) in [6.07, 6.45) is 0.734. The van der Waals surface area contributed by atoms with Gasteiger partial charge in [0, 0.05) is 12.6 Å². The van der Waals surface area contributed by atoms with E-state index in [2.05, 4.69) is 5.32 Å². The van der Waals surface area contributed by atoms with Crippen LogP contribution in [0.15, 0.2) is 0 Å². The minimum atomic E-state index is -4.07. The Morgan fingerprint density at radius 2 is 1.83 bits per heavy atom. The van der Waals surface area contributed by atoms with Crippen LogP contribution in [0.4, 0.5) is 13.2 Å². The lowest BCUT2D eigenvalue weighted by molar-refractivity contribution is -0.189. The topological polar surface area (TPSA) is 21.3 Å². The van der Waals surface area contributed by atoms with Gasteiger partial charge in [-0.25, -0.2) is 0 Å². The minimum Gasteiger partial charge on any atom is -0.374 e. The highest BCUT2D eigenvalue weighted by molar-refractivity contribution is 4.86. The molecule has 1 saturated carbocycles. The van der Waals surface area contributed by atoms with E-state index in [1.165, 1.54) is 0 Å². The van der Waals surface area contributed by atoms with Gasteiger partial charge in [-0.15, -0.1) is 0 Å². The smallest absolute Gasteiger partial charge is 0.374 e. The summed E-state index contributed by atoms with van der Waals surface area (Å²) >= 11 is 0. The second-order valence-corrected chi connectivity index (χ2v) is 5.59. The molecule has 2 nitrogen and oxygen atoms in total. The molecular formula is C13H22F3NO. The zero-order valence-electron chi connectivity index (χ0n) is 10.8. The molecule has 0 aromatic carbocycles. The normalized spacial score (nSPS) is 38.0. The van der Waals surface area contributed by atoms with Gasteiger partial charge in [-0.2, -0.15) is 13.2 Å². The Bertz CT molecular complexity index is 269. The summed E-state index contributed by atoms with van der Waals surface area (Å²) in [6.45, 7) is 2.57. The van der Waals surface area contributed by atoms with Gasteiger partial charge >= 0.3 is 6.18 Å². The zero-order valence-corrected chi connectivity index (χ0v) is 10.8. The monoisotopic (exact) mass is 265 g/mol. The number of halogens is 3. The molecule has 1 aliphatic carbocycles. The molecule has 0 amide bonds. The Kier molecular flexibility index (Phi) is 4.54. The molecule has 1 aliphatic heterocycles. The van der Waals surface area contributed by atoms with Crippen molar-refractivity contribution < 1.29 is 17.9 Å². The molecule has 1 heterocycles. The van der Waals surface area contributed by atoms with Crippen molar-refractivity contribution in [3.05, 3.63) is 0 Å². The van der Waals surface area contributed by atoms with Crippen LogP contribution in [-0.2, 0) is 4.74 Å². The highest BCUT2D eigenvalue weighted by Gasteiger charge is 2.45. The van der Waals surface area contributed by atoms with Crippen molar-refractivity contribution in [1.82, 2.24) is 5.32 Å². The predicted octanol–water partition coefficient (Wildman–Crippen LogP) is 3.26. The average Bonchev–Trinajstić information content (AvgIpc) is 2.72. The Balaban J connectivity index is 1.82. The fourth-order valence-corrected chi connectivity index (χ4v) is 3.09. The molecule has 5 heteroatoms. The molecule has 106 valence electrons. The van der Waals surface area contributed by atoms with Crippen LogP contribution in [0.2, 0.25) is 0 Å². The van der Waals surface area contributed by atoms with Crippen LogP contribution < -0.4 is 5.32 Å². The van der Waals surface area contributed by atoms with E-state index in [-0.39, 0.29) is 18.6 Å². The van der Waals surface area contributed by atoms with Gasteiger partial charge < -0.3 is 10.1 Å². The van der Waals surface area contributed by atoms with E-state index in [0.29, 0.717) is 19.4 Å². The van der Waals surface area contributed by atoms with Crippen molar-refractivity contribution in [2.45, 2.75) is 69.9 Å². The fourth-order valence-electron chi connectivity index (χ4n) is 3.09. The van der Waals surface area contributed by atoms with Crippen LogP contribution in [0, 0.1) is 5.92 Å². The summed E-state index contributed by atoms with van der Waals surface area (Å²) in [5.74, 6) is -1.18. The second kappa shape index (κ2) is 5.78. The van der Waals surface area contributed by atoms with Crippen LogP contribution >= 0.6 is 0 Å². The predicted molar refractivity (Wildman–Crippen MR) is 63.4 cm³/mol. The summed E-state index contributed by atoms with van der Waals surface area (Å²) in [6, 6.07) is -0.418. The first kappa shape index (κ1) is 14.1. The van der Waals surface area contributed by atoms with Crippen LogP contribution in [0.5, 0.6) is 0 Å². The summed E-state index contributed by atoms with van der Waals surface area (Å²) < 4.78 is 44.3. The Morgan fingerprint density at radius 3 is 2.44 bits per heavy atom. The van der Waals surface area contributed by atoms with Gasteiger partial charge in [-0.3, -0.25) is 0 Å². The third kappa shape index (κ3) is 3.60. The Labute approximate surface area is 106 Å². The number of ether oxygens (including phenoxy) is 1. The summed E-state index contributed by atoms with van der Waals surface area (Å²) in [5, 5.41) is 3.10. The van der Waals surface area contributed by atoms with E-state index in [0.717, 1.165) is 19.3 Å². The van der Waals surface area contributed by atoms with Crippen LogP contribution in [0.3, 0.4) is 0 Å². The van der Waals surface area contributed by atoms with Gasteiger partial charge in [-0.1, -0.05) is 12.8 Å². The lowest BCUT2D eigenvalue weighted by Crippen LogP contribution is -2.47. The van der Waals surface area contributed by atoms with Crippen molar-refractivity contribution in [2.75, 3.05) is 6.54 Å². The van der Waals surface area contributed by atoms with Gasteiger partial charge in [0.05, 0.1) is 18.1 Å². The van der Waals surface area contributed by atoms with E-state index in [4.69, 9.17) is 4.74 Å². The highest BCUT2D eigenvalue weighted by Crippen LogP contribution is 2.37. The summed E-state index contributed by atoms with van der Waals surface area (Å²) in [7, 11) is 0. The molecule has 1 saturated heterocycles. The molecule has 0 aromatic heterocycles. The molecule has 0 bridgehead atoms.